The van der Waals surface area contributed by atoms with Crippen molar-refractivity contribution in [2.45, 2.75) is 33.4 Å². The van der Waals surface area contributed by atoms with Crippen molar-refractivity contribution >= 4 is 5.69 Å². The Hall–Kier alpha value is -1.81. The van der Waals surface area contributed by atoms with Crippen LogP contribution >= 0.6 is 0 Å². The van der Waals surface area contributed by atoms with Crippen molar-refractivity contribution in [3.63, 3.8) is 0 Å². The number of rotatable bonds is 6. The predicted octanol–water partition coefficient (Wildman–Crippen LogP) is 4.03. The highest BCUT2D eigenvalue weighted by atomic mass is 19.1. The summed E-state index contributed by atoms with van der Waals surface area (Å²) in [5.74, 6) is 1.50. The molecular formula is C17H23FN2O. The molecule has 2 aromatic rings. The molecule has 0 fully saturated rings. The van der Waals surface area contributed by atoms with E-state index in [0.29, 0.717) is 12.2 Å². The second-order valence-corrected chi connectivity index (χ2v) is 5.33. The number of halogens is 1. The van der Waals surface area contributed by atoms with Gasteiger partial charge in [0.1, 0.15) is 17.3 Å². The van der Waals surface area contributed by atoms with Gasteiger partial charge in [-0.2, -0.15) is 0 Å². The SMILES string of the molecule is CCNC(C)c1cccc(F)c1N(C)Cc1ccc(C)o1. The van der Waals surface area contributed by atoms with E-state index in [1.807, 2.05) is 50.9 Å². The van der Waals surface area contributed by atoms with Crippen LogP contribution in [0.1, 0.15) is 37.0 Å². The summed E-state index contributed by atoms with van der Waals surface area (Å²) in [4.78, 5) is 1.90. The molecular weight excluding hydrogens is 267 g/mol. The second kappa shape index (κ2) is 6.76. The van der Waals surface area contributed by atoms with Crippen LogP contribution in [0.2, 0.25) is 0 Å². The molecule has 0 aliphatic rings. The molecule has 0 spiro atoms. The molecule has 1 aromatic carbocycles. The number of nitrogens with one attached hydrogen (secondary N) is 1. The summed E-state index contributed by atoms with van der Waals surface area (Å²) in [5, 5.41) is 3.34. The van der Waals surface area contributed by atoms with Crippen LogP contribution in [0, 0.1) is 12.7 Å². The van der Waals surface area contributed by atoms with Gasteiger partial charge in [-0.1, -0.05) is 19.1 Å². The smallest absolute Gasteiger partial charge is 0.146 e. The van der Waals surface area contributed by atoms with E-state index in [4.69, 9.17) is 4.42 Å². The summed E-state index contributed by atoms with van der Waals surface area (Å²) < 4.78 is 19.9. The van der Waals surface area contributed by atoms with Gasteiger partial charge in [0.2, 0.25) is 0 Å². The number of furan rings is 1. The summed E-state index contributed by atoms with van der Waals surface area (Å²) in [7, 11) is 1.89. The molecule has 0 radical (unpaired) electrons. The lowest BCUT2D eigenvalue weighted by molar-refractivity contribution is 0.479. The highest BCUT2D eigenvalue weighted by Gasteiger charge is 2.18. The number of nitrogens with zero attached hydrogens (tertiary/aromatic N) is 1. The van der Waals surface area contributed by atoms with Crippen molar-refractivity contribution in [2.75, 3.05) is 18.5 Å². The van der Waals surface area contributed by atoms with Crippen LogP contribution in [0.15, 0.2) is 34.7 Å². The first-order valence-corrected chi connectivity index (χ1v) is 7.31. The Morgan fingerprint density at radius 2 is 2.05 bits per heavy atom. The fraction of sp³-hybridized carbons (Fsp3) is 0.412. The van der Waals surface area contributed by atoms with Crippen LogP contribution in [-0.2, 0) is 6.54 Å². The maximum atomic E-state index is 14.3. The molecule has 1 unspecified atom stereocenters. The van der Waals surface area contributed by atoms with Crippen LogP contribution in [0.25, 0.3) is 0 Å². The lowest BCUT2D eigenvalue weighted by atomic mass is 10.0. The summed E-state index contributed by atoms with van der Waals surface area (Å²) in [6.45, 7) is 7.39. The van der Waals surface area contributed by atoms with E-state index in [0.717, 1.165) is 23.6 Å². The van der Waals surface area contributed by atoms with Crippen molar-refractivity contribution in [1.82, 2.24) is 5.32 Å². The highest BCUT2D eigenvalue weighted by molar-refractivity contribution is 5.55. The van der Waals surface area contributed by atoms with Gasteiger partial charge in [0.05, 0.1) is 12.2 Å². The summed E-state index contributed by atoms with van der Waals surface area (Å²) in [5.41, 5.74) is 1.59. The largest absolute Gasteiger partial charge is 0.464 e. The standard InChI is InChI=1S/C17H23FN2O/c1-5-19-13(3)15-7-6-8-16(18)17(15)20(4)11-14-10-9-12(2)21-14/h6-10,13,19H,5,11H2,1-4H3. The van der Waals surface area contributed by atoms with Crippen LogP contribution < -0.4 is 10.2 Å². The molecule has 114 valence electrons. The van der Waals surface area contributed by atoms with E-state index in [2.05, 4.69) is 5.32 Å². The summed E-state index contributed by atoms with van der Waals surface area (Å²) in [6.07, 6.45) is 0. The van der Waals surface area contributed by atoms with Crippen molar-refractivity contribution in [3.05, 3.63) is 53.2 Å². The third kappa shape index (κ3) is 3.64. The average Bonchev–Trinajstić information content (AvgIpc) is 2.83. The van der Waals surface area contributed by atoms with Crippen molar-refractivity contribution in [2.24, 2.45) is 0 Å². The van der Waals surface area contributed by atoms with E-state index in [1.54, 1.807) is 6.07 Å². The number of benzene rings is 1. The van der Waals surface area contributed by atoms with E-state index >= 15 is 0 Å². The zero-order chi connectivity index (χ0) is 15.4. The molecule has 1 atom stereocenters. The number of hydrogen-bond acceptors (Lipinski definition) is 3. The molecule has 3 nitrogen and oxygen atoms in total. The predicted molar refractivity (Wildman–Crippen MR) is 84.0 cm³/mol. The second-order valence-electron chi connectivity index (χ2n) is 5.33. The average molecular weight is 290 g/mol. The van der Waals surface area contributed by atoms with Crippen LogP contribution in [0.5, 0.6) is 0 Å². The molecule has 0 aliphatic carbocycles. The van der Waals surface area contributed by atoms with Gasteiger partial charge >= 0.3 is 0 Å². The summed E-state index contributed by atoms with van der Waals surface area (Å²) >= 11 is 0. The van der Waals surface area contributed by atoms with Gasteiger partial charge in [-0.3, -0.25) is 0 Å². The first-order chi connectivity index (χ1) is 10.0. The Morgan fingerprint density at radius 1 is 1.29 bits per heavy atom. The maximum absolute atomic E-state index is 14.3. The first kappa shape index (κ1) is 15.6. The van der Waals surface area contributed by atoms with Gasteiger partial charge in [-0.25, -0.2) is 4.39 Å². The first-order valence-electron chi connectivity index (χ1n) is 7.31. The van der Waals surface area contributed by atoms with E-state index in [9.17, 15) is 4.39 Å². The Kier molecular flexibility index (Phi) is 5.02. The normalized spacial score (nSPS) is 12.4. The molecule has 1 N–H and O–H groups in total. The molecule has 21 heavy (non-hydrogen) atoms. The van der Waals surface area contributed by atoms with Gasteiger partial charge in [0.25, 0.3) is 0 Å². The minimum atomic E-state index is -0.206. The Balaban J connectivity index is 2.28. The molecule has 4 heteroatoms. The maximum Gasteiger partial charge on any atom is 0.146 e. The molecule has 0 saturated heterocycles. The third-order valence-electron chi connectivity index (χ3n) is 3.57. The number of hydrogen-bond donors (Lipinski definition) is 1. The minimum Gasteiger partial charge on any atom is -0.464 e. The Labute approximate surface area is 125 Å². The number of para-hydroxylation sites is 1. The highest BCUT2D eigenvalue weighted by Crippen LogP contribution is 2.29. The van der Waals surface area contributed by atoms with E-state index in [-0.39, 0.29) is 11.9 Å². The van der Waals surface area contributed by atoms with Gasteiger partial charge in [-0.05, 0) is 44.2 Å². The van der Waals surface area contributed by atoms with Gasteiger partial charge in [0, 0.05) is 13.1 Å². The zero-order valence-electron chi connectivity index (χ0n) is 13.1. The van der Waals surface area contributed by atoms with Crippen LogP contribution in [0.4, 0.5) is 10.1 Å². The zero-order valence-corrected chi connectivity index (χ0v) is 13.1. The van der Waals surface area contributed by atoms with Gasteiger partial charge < -0.3 is 14.6 Å². The monoisotopic (exact) mass is 290 g/mol. The van der Waals surface area contributed by atoms with Gasteiger partial charge in [-0.15, -0.1) is 0 Å². The molecule has 0 aliphatic heterocycles. The van der Waals surface area contributed by atoms with E-state index < -0.39 is 0 Å². The van der Waals surface area contributed by atoms with Crippen molar-refractivity contribution in [1.29, 1.82) is 0 Å². The van der Waals surface area contributed by atoms with Crippen molar-refractivity contribution < 1.29 is 8.81 Å². The molecule has 1 heterocycles. The quantitative estimate of drug-likeness (QED) is 0.870. The number of anilines is 1. The van der Waals surface area contributed by atoms with E-state index in [1.165, 1.54) is 6.07 Å². The minimum absolute atomic E-state index is 0.0986. The fourth-order valence-electron chi connectivity index (χ4n) is 2.58. The number of aryl methyl sites for hydroxylation is 1. The van der Waals surface area contributed by atoms with Gasteiger partial charge in [0.15, 0.2) is 0 Å². The fourth-order valence-corrected chi connectivity index (χ4v) is 2.58. The summed E-state index contributed by atoms with van der Waals surface area (Å²) in [6, 6.07) is 9.18. The van der Waals surface area contributed by atoms with Crippen molar-refractivity contribution in [3.8, 4) is 0 Å². The van der Waals surface area contributed by atoms with Crippen LogP contribution in [-0.4, -0.2) is 13.6 Å². The molecule has 1 aromatic heterocycles. The third-order valence-corrected chi connectivity index (χ3v) is 3.57. The topological polar surface area (TPSA) is 28.4 Å². The molecule has 0 amide bonds. The molecule has 2 rings (SSSR count). The Bertz CT molecular complexity index is 594. The lowest BCUT2D eigenvalue weighted by Gasteiger charge is -2.25. The van der Waals surface area contributed by atoms with Crippen LogP contribution in [0.3, 0.4) is 0 Å². The molecule has 0 bridgehead atoms. The Morgan fingerprint density at radius 3 is 2.67 bits per heavy atom. The lowest BCUT2D eigenvalue weighted by Crippen LogP contribution is -2.24. The molecule has 0 saturated carbocycles.